The molecule has 66 heavy (non-hydrogen) atoms. The normalized spacial score (nSPS) is 14.3. The average molecular weight is 842 g/mol. The summed E-state index contributed by atoms with van der Waals surface area (Å²) in [6, 6.07) is 83.3. The summed E-state index contributed by atoms with van der Waals surface area (Å²) in [6.07, 6.45) is 0. The van der Waals surface area contributed by atoms with Crippen molar-refractivity contribution >= 4 is 17.1 Å². The second kappa shape index (κ2) is 13.7. The smallest absolute Gasteiger partial charge is 0.159 e. The van der Waals surface area contributed by atoms with Crippen molar-refractivity contribution in [2.45, 2.75) is 24.7 Å². The van der Waals surface area contributed by atoms with Crippen molar-refractivity contribution in [1.29, 1.82) is 0 Å². The maximum absolute atomic E-state index is 7.24. The van der Waals surface area contributed by atoms with Gasteiger partial charge in [-0.15, -0.1) is 0 Å². The average Bonchev–Trinajstić information content (AvgIpc) is 3.67. The Hall–Kier alpha value is -8.20. The molecule has 0 bridgehead atoms. The van der Waals surface area contributed by atoms with Gasteiger partial charge in [0.15, 0.2) is 5.75 Å². The summed E-state index contributed by atoms with van der Waals surface area (Å²) in [7, 11) is 0. The van der Waals surface area contributed by atoms with Crippen molar-refractivity contribution in [3.63, 3.8) is 0 Å². The Morgan fingerprint density at radius 3 is 1.33 bits per heavy atom. The van der Waals surface area contributed by atoms with Gasteiger partial charge in [-0.2, -0.15) is 0 Å². The third-order valence-electron chi connectivity index (χ3n) is 15.1. The van der Waals surface area contributed by atoms with E-state index in [1.54, 1.807) is 0 Å². The standard InChI is InChI=1S/C64H43NO/c1-63(2)54-28-12-7-24-48(54)50-36-34-41(39-59(50)63)65(60-32-17-27-52-45-21-6-5-20-44(45)51-26-11-16-33-61(51)66-62(52)60)40-35-37-58-53(38-40)49-25-10-15-31-57(49)64(58)55-29-13-8-22-46(55)42-18-3-4-19-43(42)47-23-9-14-30-56(47)64/h3-39H,1-2H3. The largest absolute Gasteiger partial charge is 0.454 e. The Bertz CT molecular complexity index is 3620. The summed E-state index contributed by atoms with van der Waals surface area (Å²) >= 11 is 0. The monoisotopic (exact) mass is 841 g/mol. The molecule has 10 aromatic rings. The van der Waals surface area contributed by atoms with Gasteiger partial charge in [0.25, 0.3) is 0 Å². The number of fused-ring (bicyclic) bond motifs is 20. The predicted molar refractivity (Wildman–Crippen MR) is 271 cm³/mol. The van der Waals surface area contributed by atoms with E-state index in [-0.39, 0.29) is 5.41 Å². The van der Waals surface area contributed by atoms with Crippen LogP contribution in [0.5, 0.6) is 11.5 Å². The lowest BCUT2D eigenvalue weighted by molar-refractivity contribution is 0.489. The van der Waals surface area contributed by atoms with E-state index < -0.39 is 5.41 Å². The third kappa shape index (κ3) is 4.91. The highest BCUT2D eigenvalue weighted by atomic mass is 16.5. The molecule has 2 nitrogen and oxygen atoms in total. The molecule has 10 aromatic carbocycles. The molecule has 0 radical (unpaired) electrons. The van der Waals surface area contributed by atoms with Crippen LogP contribution in [0.3, 0.4) is 0 Å². The van der Waals surface area contributed by atoms with Crippen LogP contribution < -0.4 is 9.64 Å². The molecule has 310 valence electrons. The molecule has 0 unspecified atom stereocenters. The van der Waals surface area contributed by atoms with E-state index in [1.807, 2.05) is 0 Å². The number of hydrogen-bond acceptors (Lipinski definition) is 2. The van der Waals surface area contributed by atoms with Crippen molar-refractivity contribution in [2.75, 3.05) is 4.90 Å². The number of nitrogens with zero attached hydrogens (tertiary/aromatic N) is 1. The predicted octanol–water partition coefficient (Wildman–Crippen LogP) is 16.9. The first-order valence-electron chi connectivity index (χ1n) is 23.1. The highest BCUT2D eigenvalue weighted by Crippen LogP contribution is 2.63. The number of benzene rings is 10. The summed E-state index contributed by atoms with van der Waals surface area (Å²) < 4.78 is 7.24. The zero-order chi connectivity index (χ0) is 43.7. The summed E-state index contributed by atoms with van der Waals surface area (Å²) in [5.74, 6) is 1.68. The summed E-state index contributed by atoms with van der Waals surface area (Å²) in [5, 5.41) is 0. The van der Waals surface area contributed by atoms with Gasteiger partial charge < -0.3 is 9.64 Å². The van der Waals surface area contributed by atoms with E-state index in [0.29, 0.717) is 0 Å². The molecule has 2 heteroatoms. The minimum Gasteiger partial charge on any atom is -0.454 e. The fourth-order valence-corrected chi connectivity index (χ4v) is 12.3. The molecule has 0 N–H and O–H groups in total. The maximum Gasteiger partial charge on any atom is 0.159 e. The topological polar surface area (TPSA) is 12.5 Å². The van der Waals surface area contributed by atoms with Crippen molar-refractivity contribution in [3.05, 3.63) is 258 Å². The van der Waals surface area contributed by atoms with Crippen LogP contribution in [0.2, 0.25) is 0 Å². The van der Waals surface area contributed by atoms with Crippen LogP contribution in [0.25, 0.3) is 66.8 Å². The van der Waals surface area contributed by atoms with Crippen LogP contribution >= 0.6 is 0 Å². The lowest BCUT2D eigenvalue weighted by Gasteiger charge is -2.35. The van der Waals surface area contributed by atoms with Gasteiger partial charge >= 0.3 is 0 Å². The van der Waals surface area contributed by atoms with Crippen molar-refractivity contribution < 1.29 is 4.74 Å². The van der Waals surface area contributed by atoms with E-state index in [1.165, 1.54) is 77.9 Å². The Balaban J connectivity index is 1.05. The first-order chi connectivity index (χ1) is 32.5. The lowest BCUT2D eigenvalue weighted by atomic mass is 9.66. The fourth-order valence-electron chi connectivity index (χ4n) is 12.3. The van der Waals surface area contributed by atoms with E-state index in [9.17, 15) is 0 Å². The van der Waals surface area contributed by atoms with Crippen molar-refractivity contribution in [2.24, 2.45) is 0 Å². The zero-order valence-electron chi connectivity index (χ0n) is 36.7. The summed E-state index contributed by atoms with van der Waals surface area (Å²) in [4.78, 5) is 2.45. The molecule has 0 aromatic heterocycles. The Labute approximate surface area is 385 Å². The molecule has 0 saturated carbocycles. The molecule has 1 spiro atoms. The number of anilines is 3. The quantitative estimate of drug-likeness (QED) is 0.176. The van der Waals surface area contributed by atoms with Gasteiger partial charge in [-0.3, -0.25) is 0 Å². The fraction of sp³-hybridized carbons (Fsp3) is 0.0625. The molecule has 1 heterocycles. The molecule has 1 aliphatic heterocycles. The second-order valence-corrected chi connectivity index (χ2v) is 18.7. The highest BCUT2D eigenvalue weighted by molar-refractivity contribution is 6.00. The number of hydrogen-bond donors (Lipinski definition) is 0. The maximum atomic E-state index is 7.24. The second-order valence-electron chi connectivity index (χ2n) is 18.7. The molecule has 4 aliphatic rings. The number of ether oxygens (including phenoxy) is 1. The van der Waals surface area contributed by atoms with Gasteiger partial charge in [0.1, 0.15) is 5.75 Å². The first kappa shape index (κ1) is 37.2. The molecular weight excluding hydrogens is 799 g/mol. The Morgan fingerprint density at radius 1 is 0.303 bits per heavy atom. The van der Waals surface area contributed by atoms with Crippen LogP contribution in [-0.2, 0) is 10.8 Å². The summed E-state index contributed by atoms with van der Waals surface area (Å²) in [6.45, 7) is 4.73. The Kier molecular flexibility index (Phi) is 7.70. The summed E-state index contributed by atoms with van der Waals surface area (Å²) in [5.41, 5.74) is 24.9. The Morgan fingerprint density at radius 2 is 0.712 bits per heavy atom. The zero-order valence-corrected chi connectivity index (χ0v) is 36.7. The molecular formula is C64H43NO. The van der Waals surface area contributed by atoms with E-state index in [2.05, 4.69) is 243 Å². The van der Waals surface area contributed by atoms with Crippen LogP contribution in [-0.4, -0.2) is 0 Å². The van der Waals surface area contributed by atoms with E-state index in [0.717, 1.165) is 50.8 Å². The van der Waals surface area contributed by atoms with Gasteiger partial charge in [0.05, 0.1) is 11.1 Å². The van der Waals surface area contributed by atoms with Crippen molar-refractivity contribution in [3.8, 4) is 78.3 Å². The molecule has 0 saturated heterocycles. The highest BCUT2D eigenvalue weighted by Gasteiger charge is 2.50. The minimum atomic E-state index is -0.564. The van der Waals surface area contributed by atoms with Gasteiger partial charge in [0.2, 0.25) is 0 Å². The van der Waals surface area contributed by atoms with Crippen LogP contribution in [0.4, 0.5) is 17.1 Å². The van der Waals surface area contributed by atoms with Gasteiger partial charge in [-0.1, -0.05) is 202 Å². The van der Waals surface area contributed by atoms with E-state index >= 15 is 0 Å². The first-order valence-corrected chi connectivity index (χ1v) is 23.1. The number of rotatable bonds is 3. The molecule has 0 fully saturated rings. The molecule has 0 amide bonds. The van der Waals surface area contributed by atoms with Crippen LogP contribution in [0.1, 0.15) is 47.2 Å². The van der Waals surface area contributed by atoms with Gasteiger partial charge in [-0.05, 0) is 125 Å². The molecule has 14 rings (SSSR count). The third-order valence-corrected chi connectivity index (χ3v) is 15.1. The van der Waals surface area contributed by atoms with Gasteiger partial charge in [0, 0.05) is 27.9 Å². The van der Waals surface area contributed by atoms with E-state index in [4.69, 9.17) is 4.74 Å². The number of para-hydroxylation sites is 2. The SMILES string of the molecule is CC1(C)c2ccccc2-c2ccc(N(c3ccc4c(c3)-c3ccccc3C43c4ccccc4-c4ccccc4-c4ccccc43)c3cccc4c3Oc3ccccc3-c3ccccc3-4)cc21. The minimum absolute atomic E-state index is 0.184. The van der Waals surface area contributed by atoms with Gasteiger partial charge in [-0.25, -0.2) is 0 Å². The lowest BCUT2D eigenvalue weighted by Crippen LogP contribution is -2.29. The molecule has 0 atom stereocenters. The van der Waals surface area contributed by atoms with Crippen molar-refractivity contribution in [1.82, 2.24) is 0 Å². The molecule has 3 aliphatic carbocycles. The van der Waals surface area contributed by atoms with Crippen LogP contribution in [0.15, 0.2) is 224 Å². The van der Waals surface area contributed by atoms with Crippen LogP contribution in [0, 0.1) is 0 Å².